The summed E-state index contributed by atoms with van der Waals surface area (Å²) in [5.41, 5.74) is 3.93. The van der Waals surface area contributed by atoms with Crippen molar-refractivity contribution >= 4 is 0 Å². The van der Waals surface area contributed by atoms with Gasteiger partial charge >= 0.3 is 0 Å². The molecule has 2 aromatic rings. The van der Waals surface area contributed by atoms with E-state index in [-0.39, 0.29) is 0 Å². The van der Waals surface area contributed by atoms with Gasteiger partial charge in [-0.3, -0.25) is 4.98 Å². The van der Waals surface area contributed by atoms with Crippen molar-refractivity contribution in [1.82, 2.24) is 10.3 Å². The molecule has 0 aliphatic rings. The summed E-state index contributed by atoms with van der Waals surface area (Å²) in [5.74, 6) is 0. The van der Waals surface area contributed by atoms with Gasteiger partial charge in [0.05, 0.1) is 0 Å². The van der Waals surface area contributed by atoms with E-state index in [1.54, 1.807) is 0 Å². The van der Waals surface area contributed by atoms with Crippen LogP contribution in [0.3, 0.4) is 0 Å². The van der Waals surface area contributed by atoms with Crippen LogP contribution in [0.2, 0.25) is 0 Å². The van der Waals surface area contributed by atoms with Crippen molar-refractivity contribution in [2.24, 2.45) is 0 Å². The fourth-order valence-corrected chi connectivity index (χ4v) is 1.91. The Morgan fingerprint density at radius 1 is 1.06 bits per heavy atom. The van der Waals surface area contributed by atoms with E-state index in [2.05, 4.69) is 54.5 Å². The number of hydrogen-bond donors (Lipinski definition) is 1. The van der Waals surface area contributed by atoms with Crippen molar-refractivity contribution in [3.63, 3.8) is 0 Å². The van der Waals surface area contributed by atoms with Crippen LogP contribution in [-0.2, 0) is 13.0 Å². The number of hydrogen-bond acceptors (Lipinski definition) is 2. The number of aromatic nitrogens is 1. The van der Waals surface area contributed by atoms with E-state index in [9.17, 15) is 0 Å². The van der Waals surface area contributed by atoms with Crippen molar-refractivity contribution in [3.8, 4) is 0 Å². The van der Waals surface area contributed by atoms with Gasteiger partial charge < -0.3 is 5.32 Å². The predicted octanol–water partition coefficient (Wildman–Crippen LogP) is 3.17. The minimum atomic E-state index is 0.520. The molecule has 0 aliphatic heterocycles. The molecule has 18 heavy (non-hydrogen) atoms. The fraction of sp³-hybridized carbons (Fsp3) is 0.312. The number of pyridine rings is 1. The first kappa shape index (κ1) is 12.8. The third-order valence-electron chi connectivity index (χ3n) is 2.84. The molecular formula is C16H20N2. The largest absolute Gasteiger partial charge is 0.310 e. The Labute approximate surface area is 109 Å². The zero-order chi connectivity index (χ0) is 12.8. The molecule has 94 valence electrons. The molecule has 1 aromatic carbocycles. The highest BCUT2D eigenvalue weighted by Gasteiger charge is 1.99. The van der Waals surface area contributed by atoms with E-state index >= 15 is 0 Å². The Morgan fingerprint density at radius 2 is 1.83 bits per heavy atom. The second kappa shape index (κ2) is 6.31. The first-order valence-electron chi connectivity index (χ1n) is 6.44. The molecule has 0 spiro atoms. The summed E-state index contributed by atoms with van der Waals surface area (Å²) >= 11 is 0. The van der Waals surface area contributed by atoms with Gasteiger partial charge in [0.25, 0.3) is 0 Å². The topological polar surface area (TPSA) is 24.9 Å². The lowest BCUT2D eigenvalue weighted by molar-refractivity contribution is 0.588. The first-order chi connectivity index (χ1) is 8.74. The summed E-state index contributed by atoms with van der Waals surface area (Å²) in [7, 11) is 0. The Hall–Kier alpha value is -1.67. The molecule has 0 saturated heterocycles. The van der Waals surface area contributed by atoms with E-state index in [1.807, 2.05) is 18.5 Å². The normalized spacial score (nSPS) is 10.8. The smallest absolute Gasteiger partial charge is 0.0303 e. The average molecular weight is 240 g/mol. The lowest BCUT2D eigenvalue weighted by Gasteiger charge is -2.09. The van der Waals surface area contributed by atoms with Crippen LogP contribution < -0.4 is 5.32 Å². The van der Waals surface area contributed by atoms with Gasteiger partial charge in [0.15, 0.2) is 0 Å². The lowest BCUT2D eigenvalue weighted by Crippen LogP contribution is -2.21. The molecule has 0 atom stereocenters. The van der Waals surface area contributed by atoms with Crippen molar-refractivity contribution in [3.05, 3.63) is 65.5 Å². The molecule has 0 saturated carbocycles. The van der Waals surface area contributed by atoms with Gasteiger partial charge in [-0.05, 0) is 29.2 Å². The van der Waals surface area contributed by atoms with E-state index in [4.69, 9.17) is 0 Å². The van der Waals surface area contributed by atoms with Crippen LogP contribution >= 0.6 is 0 Å². The van der Waals surface area contributed by atoms with Gasteiger partial charge in [0.2, 0.25) is 0 Å². The molecule has 0 unspecified atom stereocenters. The highest BCUT2D eigenvalue weighted by atomic mass is 14.9. The zero-order valence-electron chi connectivity index (χ0n) is 11.1. The molecule has 2 rings (SSSR count). The van der Waals surface area contributed by atoms with Gasteiger partial charge in [0, 0.05) is 25.0 Å². The van der Waals surface area contributed by atoms with E-state index < -0.39 is 0 Å². The minimum absolute atomic E-state index is 0.520. The molecule has 2 nitrogen and oxygen atoms in total. The lowest BCUT2D eigenvalue weighted by atomic mass is 10.0. The molecular weight excluding hydrogens is 220 g/mol. The second-order valence-electron chi connectivity index (χ2n) is 4.89. The molecule has 1 N–H and O–H groups in total. The van der Waals surface area contributed by atoms with Crippen molar-refractivity contribution < 1.29 is 0 Å². The number of nitrogens with zero attached hydrogens (tertiary/aromatic N) is 1. The summed E-state index contributed by atoms with van der Waals surface area (Å²) in [5, 5.41) is 3.44. The number of benzene rings is 1. The highest BCUT2D eigenvalue weighted by molar-refractivity contribution is 5.28. The Bertz CT molecular complexity index is 477. The molecule has 2 heteroatoms. The summed E-state index contributed by atoms with van der Waals surface area (Å²) < 4.78 is 0. The van der Waals surface area contributed by atoms with Crippen LogP contribution in [0.5, 0.6) is 0 Å². The van der Waals surface area contributed by atoms with Gasteiger partial charge in [-0.25, -0.2) is 0 Å². The maximum atomic E-state index is 4.15. The summed E-state index contributed by atoms with van der Waals surface area (Å²) in [6.07, 6.45) is 4.69. The van der Waals surface area contributed by atoms with Crippen molar-refractivity contribution in [1.29, 1.82) is 0 Å². The van der Waals surface area contributed by atoms with E-state index in [0.29, 0.717) is 6.04 Å². The van der Waals surface area contributed by atoms with Gasteiger partial charge in [-0.15, -0.1) is 0 Å². The summed E-state index contributed by atoms with van der Waals surface area (Å²) in [6.45, 7) is 5.26. The molecule has 1 heterocycles. The molecule has 0 fully saturated rings. The van der Waals surface area contributed by atoms with Crippen LogP contribution in [0, 0.1) is 0 Å². The zero-order valence-corrected chi connectivity index (χ0v) is 11.1. The standard InChI is InChI=1S/C16H20N2/c1-13(2)18-12-16-6-3-5-14(10-16)9-15-7-4-8-17-11-15/h3-8,10-11,13,18H,9,12H2,1-2H3. The van der Waals surface area contributed by atoms with Crippen LogP contribution in [0.1, 0.15) is 30.5 Å². The first-order valence-corrected chi connectivity index (χ1v) is 6.44. The third-order valence-corrected chi connectivity index (χ3v) is 2.84. The monoisotopic (exact) mass is 240 g/mol. The molecule has 0 bridgehead atoms. The predicted molar refractivity (Wildman–Crippen MR) is 75.5 cm³/mol. The second-order valence-corrected chi connectivity index (χ2v) is 4.89. The molecule has 0 aliphatic carbocycles. The van der Waals surface area contributed by atoms with Gasteiger partial charge in [0.1, 0.15) is 0 Å². The fourth-order valence-electron chi connectivity index (χ4n) is 1.91. The summed E-state index contributed by atoms with van der Waals surface area (Å²) in [6, 6.07) is 13.4. The number of nitrogens with one attached hydrogen (secondary N) is 1. The van der Waals surface area contributed by atoms with Gasteiger partial charge in [-0.2, -0.15) is 0 Å². The van der Waals surface area contributed by atoms with E-state index in [0.717, 1.165) is 13.0 Å². The Balaban J connectivity index is 2.03. The molecule has 0 radical (unpaired) electrons. The Kier molecular flexibility index (Phi) is 4.48. The van der Waals surface area contributed by atoms with Crippen LogP contribution in [-0.4, -0.2) is 11.0 Å². The van der Waals surface area contributed by atoms with E-state index in [1.165, 1.54) is 16.7 Å². The van der Waals surface area contributed by atoms with Crippen LogP contribution in [0.25, 0.3) is 0 Å². The maximum absolute atomic E-state index is 4.15. The molecule has 1 aromatic heterocycles. The third kappa shape index (κ3) is 3.97. The quantitative estimate of drug-likeness (QED) is 0.868. The van der Waals surface area contributed by atoms with Gasteiger partial charge in [-0.1, -0.05) is 44.2 Å². The maximum Gasteiger partial charge on any atom is 0.0303 e. The van der Waals surface area contributed by atoms with Crippen molar-refractivity contribution in [2.75, 3.05) is 0 Å². The van der Waals surface area contributed by atoms with Crippen LogP contribution in [0.4, 0.5) is 0 Å². The Morgan fingerprint density at radius 3 is 2.56 bits per heavy atom. The van der Waals surface area contributed by atoms with Crippen molar-refractivity contribution in [2.45, 2.75) is 32.9 Å². The average Bonchev–Trinajstić information content (AvgIpc) is 2.38. The van der Waals surface area contributed by atoms with Crippen LogP contribution in [0.15, 0.2) is 48.8 Å². The SMILES string of the molecule is CC(C)NCc1cccc(Cc2cccnc2)c1. The highest BCUT2D eigenvalue weighted by Crippen LogP contribution is 2.10. The molecule has 0 amide bonds. The summed E-state index contributed by atoms with van der Waals surface area (Å²) in [4.78, 5) is 4.15. The number of rotatable bonds is 5. The minimum Gasteiger partial charge on any atom is -0.310 e.